The van der Waals surface area contributed by atoms with E-state index in [1.165, 1.54) is 0 Å². The van der Waals surface area contributed by atoms with Crippen LogP contribution in [0, 0.1) is 0 Å². The Labute approximate surface area is 95.6 Å². The van der Waals surface area contributed by atoms with E-state index in [1.807, 2.05) is 0 Å². The highest BCUT2D eigenvalue weighted by Crippen LogP contribution is 2.25. The van der Waals surface area contributed by atoms with Crippen molar-refractivity contribution in [1.29, 1.82) is 0 Å². The average Bonchev–Trinajstić information content (AvgIpc) is 2.61. The van der Waals surface area contributed by atoms with Crippen LogP contribution in [0.5, 0.6) is 0 Å². The van der Waals surface area contributed by atoms with Crippen LogP contribution in [-0.4, -0.2) is 26.7 Å². The first-order valence-electron chi connectivity index (χ1n) is 4.31. The summed E-state index contributed by atoms with van der Waals surface area (Å²) in [6.45, 7) is 0. The second kappa shape index (κ2) is 4.53. The summed E-state index contributed by atoms with van der Waals surface area (Å²) < 4.78 is 0. The molecule has 6 heteroatoms. The quantitative estimate of drug-likeness (QED) is 0.792. The smallest absolute Gasteiger partial charge is 0.148 e. The molecule has 2 N–H and O–H groups in total. The van der Waals surface area contributed by atoms with Crippen molar-refractivity contribution in [2.24, 2.45) is 0 Å². The number of alkyl halides is 2. The van der Waals surface area contributed by atoms with Gasteiger partial charge in [0.25, 0.3) is 0 Å². The molecule has 0 bridgehead atoms. The zero-order chi connectivity index (χ0) is 9.97. The first-order chi connectivity index (χ1) is 6.83. The molecule has 1 saturated heterocycles. The maximum atomic E-state index is 6.24. The van der Waals surface area contributed by atoms with Crippen LogP contribution >= 0.6 is 27.5 Å². The Morgan fingerprint density at radius 2 is 2.07 bits per heavy atom. The molecular formula is C8H10BrClN4. The molecule has 0 saturated carbocycles. The van der Waals surface area contributed by atoms with Crippen molar-refractivity contribution in [1.82, 2.24) is 20.8 Å². The lowest BCUT2D eigenvalue weighted by Crippen LogP contribution is -2.33. The van der Waals surface area contributed by atoms with E-state index in [2.05, 4.69) is 36.7 Å². The lowest BCUT2D eigenvalue weighted by molar-refractivity contribution is 0.545. The second-order valence-corrected chi connectivity index (χ2v) is 4.23. The summed E-state index contributed by atoms with van der Waals surface area (Å²) in [6, 6.07) is 1.96. The number of hydrazine groups is 1. The van der Waals surface area contributed by atoms with E-state index in [0.717, 1.165) is 11.2 Å². The fourth-order valence-corrected chi connectivity index (χ4v) is 2.50. The molecule has 14 heavy (non-hydrogen) atoms. The normalized spacial score (nSPS) is 32.0. The Bertz CT molecular complexity index is 297. The monoisotopic (exact) mass is 276 g/mol. The van der Waals surface area contributed by atoms with Gasteiger partial charge < -0.3 is 0 Å². The number of nitrogens with zero attached hydrogens (tertiary/aromatic N) is 2. The van der Waals surface area contributed by atoms with Gasteiger partial charge in [-0.3, -0.25) is 5.43 Å². The molecule has 0 aliphatic carbocycles. The summed E-state index contributed by atoms with van der Waals surface area (Å²) in [6.07, 6.45) is 3.43. The molecule has 1 fully saturated rings. The molecule has 3 atom stereocenters. The highest BCUT2D eigenvalue weighted by molar-refractivity contribution is 9.09. The molecule has 0 amide bonds. The van der Waals surface area contributed by atoms with E-state index < -0.39 is 0 Å². The Hall–Kier alpha value is -0.230. The molecule has 2 heterocycles. The summed E-state index contributed by atoms with van der Waals surface area (Å²) in [5, 5.41) is 0.758. The molecule has 3 unspecified atom stereocenters. The zero-order valence-electron chi connectivity index (χ0n) is 7.32. The van der Waals surface area contributed by atoms with Crippen molar-refractivity contribution in [2.75, 3.05) is 5.33 Å². The predicted molar refractivity (Wildman–Crippen MR) is 58.3 cm³/mol. The Morgan fingerprint density at radius 3 is 2.64 bits per heavy atom. The molecule has 76 valence electrons. The third kappa shape index (κ3) is 1.91. The summed E-state index contributed by atoms with van der Waals surface area (Å²) in [4.78, 5) is 8.33. The molecule has 0 spiro atoms. The van der Waals surface area contributed by atoms with Gasteiger partial charge in [-0.1, -0.05) is 15.9 Å². The van der Waals surface area contributed by atoms with Crippen LogP contribution in [0.4, 0.5) is 0 Å². The maximum absolute atomic E-state index is 6.24. The topological polar surface area (TPSA) is 49.8 Å². The summed E-state index contributed by atoms with van der Waals surface area (Å²) in [5.41, 5.74) is 6.18. The Balaban J connectivity index is 2.14. The molecule has 1 aliphatic heterocycles. The fraction of sp³-hybridized carbons (Fsp3) is 0.500. The molecule has 0 aromatic carbocycles. The van der Waals surface area contributed by atoms with Crippen LogP contribution in [0.25, 0.3) is 0 Å². The molecule has 1 aliphatic rings. The van der Waals surface area contributed by atoms with Crippen LogP contribution in [0.2, 0.25) is 0 Å². The summed E-state index contributed by atoms with van der Waals surface area (Å²) >= 11 is 9.63. The summed E-state index contributed by atoms with van der Waals surface area (Å²) in [5.74, 6) is 0.725. The minimum absolute atomic E-state index is 0.0274. The average molecular weight is 278 g/mol. The van der Waals surface area contributed by atoms with Crippen molar-refractivity contribution >= 4 is 27.5 Å². The van der Waals surface area contributed by atoms with Gasteiger partial charge in [-0.05, 0) is 6.07 Å². The number of aromatic nitrogens is 2. The standard InChI is InChI=1S/C8H10BrClN4/c9-4-5-6(10)7(14-13-5)8-11-2-1-3-12-8/h1-3,5-7,13-14H,4H2. The van der Waals surface area contributed by atoms with Crippen LogP contribution in [0.3, 0.4) is 0 Å². The zero-order valence-corrected chi connectivity index (χ0v) is 9.66. The largest absolute Gasteiger partial charge is 0.252 e. The number of hydrogen-bond donors (Lipinski definition) is 2. The van der Waals surface area contributed by atoms with Gasteiger partial charge in [0.2, 0.25) is 0 Å². The van der Waals surface area contributed by atoms with Gasteiger partial charge in [-0.2, -0.15) is 0 Å². The summed E-state index contributed by atoms with van der Waals surface area (Å²) in [7, 11) is 0. The SMILES string of the molecule is ClC1C(CBr)NNC1c1ncccn1. The van der Waals surface area contributed by atoms with Gasteiger partial charge in [-0.25, -0.2) is 15.4 Å². The van der Waals surface area contributed by atoms with Crippen molar-refractivity contribution in [3.05, 3.63) is 24.3 Å². The lowest BCUT2D eigenvalue weighted by atomic mass is 10.1. The van der Waals surface area contributed by atoms with Gasteiger partial charge in [0.1, 0.15) is 5.82 Å². The second-order valence-electron chi connectivity index (χ2n) is 3.08. The number of rotatable bonds is 2. The molecule has 1 aromatic rings. The number of nitrogens with one attached hydrogen (secondary N) is 2. The fourth-order valence-electron chi connectivity index (χ4n) is 1.39. The molecule has 0 radical (unpaired) electrons. The maximum Gasteiger partial charge on any atom is 0.148 e. The number of halogens is 2. The molecule has 2 rings (SSSR count). The number of hydrogen-bond acceptors (Lipinski definition) is 4. The first kappa shape index (κ1) is 10.3. The van der Waals surface area contributed by atoms with Crippen LogP contribution in [-0.2, 0) is 0 Å². The molecule has 4 nitrogen and oxygen atoms in total. The van der Waals surface area contributed by atoms with E-state index >= 15 is 0 Å². The molecule has 1 aromatic heterocycles. The van der Waals surface area contributed by atoms with Crippen LogP contribution < -0.4 is 10.9 Å². The van der Waals surface area contributed by atoms with Gasteiger partial charge in [0.15, 0.2) is 0 Å². The van der Waals surface area contributed by atoms with Crippen molar-refractivity contribution in [2.45, 2.75) is 17.5 Å². The Kier molecular flexibility index (Phi) is 3.33. The van der Waals surface area contributed by atoms with E-state index in [-0.39, 0.29) is 17.5 Å². The third-order valence-electron chi connectivity index (χ3n) is 2.16. The van der Waals surface area contributed by atoms with Gasteiger partial charge >= 0.3 is 0 Å². The van der Waals surface area contributed by atoms with Crippen molar-refractivity contribution in [3.8, 4) is 0 Å². The first-order valence-corrected chi connectivity index (χ1v) is 5.86. The highest BCUT2D eigenvalue weighted by atomic mass is 79.9. The van der Waals surface area contributed by atoms with Crippen molar-refractivity contribution < 1.29 is 0 Å². The minimum Gasteiger partial charge on any atom is -0.252 e. The van der Waals surface area contributed by atoms with Crippen LogP contribution in [0.1, 0.15) is 11.9 Å². The van der Waals surface area contributed by atoms with Gasteiger partial charge in [0.05, 0.1) is 11.4 Å². The van der Waals surface area contributed by atoms with E-state index in [4.69, 9.17) is 11.6 Å². The van der Waals surface area contributed by atoms with E-state index in [1.54, 1.807) is 18.5 Å². The molecular weight excluding hydrogens is 267 g/mol. The van der Waals surface area contributed by atoms with Gasteiger partial charge in [0, 0.05) is 23.8 Å². The van der Waals surface area contributed by atoms with E-state index in [9.17, 15) is 0 Å². The Morgan fingerprint density at radius 1 is 1.36 bits per heavy atom. The predicted octanol–water partition coefficient (Wildman–Crippen LogP) is 0.996. The highest BCUT2D eigenvalue weighted by Gasteiger charge is 2.35. The van der Waals surface area contributed by atoms with Crippen molar-refractivity contribution in [3.63, 3.8) is 0 Å². The third-order valence-corrected chi connectivity index (χ3v) is 3.41. The lowest BCUT2D eigenvalue weighted by Gasteiger charge is -2.12. The van der Waals surface area contributed by atoms with Crippen LogP contribution in [0.15, 0.2) is 18.5 Å². The minimum atomic E-state index is -0.0447. The van der Waals surface area contributed by atoms with E-state index in [0.29, 0.717) is 0 Å². The van der Waals surface area contributed by atoms with Gasteiger partial charge in [-0.15, -0.1) is 11.6 Å².